The number of rotatable bonds is 11. The van der Waals surface area contributed by atoms with E-state index in [-0.39, 0.29) is 5.97 Å². The van der Waals surface area contributed by atoms with Crippen molar-refractivity contribution >= 4 is 12.3 Å². The van der Waals surface area contributed by atoms with Crippen LogP contribution in [-0.4, -0.2) is 26.5 Å². The van der Waals surface area contributed by atoms with Gasteiger partial charge in [0.05, 0.1) is 25.3 Å². The normalized spacial score (nSPS) is 10.4. The van der Waals surface area contributed by atoms with Gasteiger partial charge in [-0.2, -0.15) is 0 Å². The van der Waals surface area contributed by atoms with E-state index in [0.29, 0.717) is 42.4 Å². The average molecular weight is 436 g/mol. The number of hydrogen-bond acceptors (Lipinski definition) is 7. The van der Waals surface area contributed by atoms with Gasteiger partial charge >= 0.3 is 5.97 Å². The summed E-state index contributed by atoms with van der Waals surface area (Å²) in [6.45, 7) is 0.974. The van der Waals surface area contributed by atoms with E-state index < -0.39 is 0 Å². The summed E-state index contributed by atoms with van der Waals surface area (Å²) in [6.07, 6.45) is 0.735. The smallest absolute Gasteiger partial charge is 0.337 e. The van der Waals surface area contributed by atoms with Gasteiger partial charge < -0.3 is 14.2 Å². The maximum absolute atomic E-state index is 11.5. The minimum absolute atomic E-state index is 0.291. The minimum Gasteiger partial charge on any atom is -0.489 e. The molecule has 3 aromatic rings. The van der Waals surface area contributed by atoms with Gasteiger partial charge in [0.25, 0.3) is 0 Å². The first kappa shape index (κ1) is 23.0. The first-order chi connectivity index (χ1) is 15.6. The molecule has 0 bridgehead atoms. The molecule has 0 saturated heterocycles. The predicted molar refractivity (Wildman–Crippen MR) is 117 cm³/mol. The fraction of sp³-hybridized carbons (Fsp3) is 0.200. The van der Waals surface area contributed by atoms with Crippen molar-refractivity contribution in [3.8, 4) is 11.5 Å². The van der Waals surface area contributed by atoms with Crippen LogP contribution < -0.4 is 9.47 Å². The average Bonchev–Trinajstić information content (AvgIpc) is 2.85. The van der Waals surface area contributed by atoms with Gasteiger partial charge in [-0.3, -0.25) is 4.79 Å². The number of hydrogen-bond donors (Lipinski definition) is 0. The summed E-state index contributed by atoms with van der Waals surface area (Å²) in [4.78, 5) is 32.5. The number of aldehydes is 1. The topological polar surface area (TPSA) is 80.3 Å². The van der Waals surface area contributed by atoms with E-state index in [0.717, 1.165) is 23.0 Å². The highest BCUT2D eigenvalue weighted by Crippen LogP contribution is 2.25. The Bertz CT molecular complexity index is 1030. The second-order valence-corrected chi connectivity index (χ2v) is 6.83. The van der Waals surface area contributed by atoms with Crippen molar-refractivity contribution < 1.29 is 33.6 Å². The van der Waals surface area contributed by atoms with Crippen LogP contribution in [0.25, 0.3) is 0 Å². The fourth-order valence-electron chi connectivity index (χ4n) is 2.88. The van der Waals surface area contributed by atoms with Gasteiger partial charge in [0, 0.05) is 0 Å². The van der Waals surface area contributed by atoms with Gasteiger partial charge in [-0.05, 0) is 47.0 Å². The highest BCUT2D eigenvalue weighted by molar-refractivity contribution is 5.89. The van der Waals surface area contributed by atoms with Crippen LogP contribution in [0.15, 0.2) is 66.7 Å². The van der Waals surface area contributed by atoms with Crippen molar-refractivity contribution in [1.82, 2.24) is 0 Å². The maximum Gasteiger partial charge on any atom is 0.337 e. The van der Waals surface area contributed by atoms with Crippen molar-refractivity contribution in [3.05, 3.63) is 94.5 Å². The van der Waals surface area contributed by atoms with Gasteiger partial charge in [-0.1, -0.05) is 36.4 Å². The Morgan fingerprint density at radius 3 is 1.97 bits per heavy atom. The molecule has 0 fully saturated rings. The molecule has 0 aromatic heterocycles. The molecule has 3 aromatic carbocycles. The monoisotopic (exact) mass is 436 g/mol. The number of carbonyl (C=O) groups is 2. The van der Waals surface area contributed by atoms with E-state index in [1.54, 1.807) is 42.5 Å². The highest BCUT2D eigenvalue weighted by Gasteiger charge is 2.08. The van der Waals surface area contributed by atoms with E-state index in [4.69, 9.17) is 14.4 Å². The lowest BCUT2D eigenvalue weighted by Crippen LogP contribution is -2.02. The van der Waals surface area contributed by atoms with Crippen LogP contribution in [0.4, 0.5) is 0 Å². The van der Waals surface area contributed by atoms with Gasteiger partial charge in [0.1, 0.15) is 31.3 Å². The standard InChI is InChI=1S/C25H24O7/c1-28-25(27)21-9-7-19(8-10-21)15-30-23-11-12-24(22(13-23)14-26)31-16-18-3-5-20(6-4-18)17-32-29-2/h3-14H,15-17H2,1-2H3. The molecule has 3 rings (SSSR count). The molecular weight excluding hydrogens is 412 g/mol. The number of methoxy groups -OCH3 is 1. The zero-order valence-electron chi connectivity index (χ0n) is 17.9. The summed E-state index contributed by atoms with van der Waals surface area (Å²) in [7, 11) is 2.81. The molecule has 0 amide bonds. The molecule has 0 saturated carbocycles. The Balaban J connectivity index is 1.57. The second kappa shape index (κ2) is 11.6. The fourth-order valence-corrected chi connectivity index (χ4v) is 2.88. The second-order valence-electron chi connectivity index (χ2n) is 6.83. The van der Waals surface area contributed by atoms with Crippen molar-refractivity contribution in [2.75, 3.05) is 14.2 Å². The molecule has 32 heavy (non-hydrogen) atoms. The number of carbonyl (C=O) groups excluding carboxylic acids is 2. The third-order valence-electron chi connectivity index (χ3n) is 4.65. The maximum atomic E-state index is 11.5. The van der Waals surface area contributed by atoms with Crippen molar-refractivity contribution in [1.29, 1.82) is 0 Å². The third-order valence-corrected chi connectivity index (χ3v) is 4.65. The molecule has 0 unspecified atom stereocenters. The van der Waals surface area contributed by atoms with Crippen LogP contribution in [0.2, 0.25) is 0 Å². The molecule has 0 heterocycles. The molecule has 0 N–H and O–H groups in total. The zero-order chi connectivity index (χ0) is 22.8. The van der Waals surface area contributed by atoms with Crippen molar-refractivity contribution in [2.24, 2.45) is 0 Å². The van der Waals surface area contributed by atoms with E-state index >= 15 is 0 Å². The summed E-state index contributed by atoms with van der Waals surface area (Å²) in [6, 6.07) is 19.7. The zero-order valence-corrected chi connectivity index (χ0v) is 17.9. The molecule has 0 aliphatic carbocycles. The van der Waals surface area contributed by atoms with Crippen LogP contribution in [0.3, 0.4) is 0 Å². The molecule has 0 atom stereocenters. The third kappa shape index (κ3) is 6.41. The molecule has 7 heteroatoms. The van der Waals surface area contributed by atoms with Crippen molar-refractivity contribution in [3.63, 3.8) is 0 Å². The lowest BCUT2D eigenvalue weighted by molar-refractivity contribution is -0.282. The van der Waals surface area contributed by atoms with E-state index in [1.807, 2.05) is 24.3 Å². The number of esters is 1. The van der Waals surface area contributed by atoms with Crippen LogP contribution in [0, 0.1) is 0 Å². The molecule has 0 aliphatic heterocycles. The molecule has 7 nitrogen and oxygen atoms in total. The van der Waals surface area contributed by atoms with Crippen LogP contribution >= 0.6 is 0 Å². The Morgan fingerprint density at radius 1 is 0.781 bits per heavy atom. The summed E-state index contributed by atoms with van der Waals surface area (Å²) in [5, 5.41) is 0. The van der Waals surface area contributed by atoms with Gasteiger partial charge in [0.2, 0.25) is 0 Å². The van der Waals surface area contributed by atoms with Gasteiger partial charge in [-0.25, -0.2) is 14.6 Å². The summed E-state index contributed by atoms with van der Waals surface area (Å²) >= 11 is 0. The Kier molecular flexibility index (Phi) is 8.36. The number of ether oxygens (including phenoxy) is 3. The lowest BCUT2D eigenvalue weighted by Gasteiger charge is -2.12. The SMILES string of the molecule is COOCc1ccc(COc2ccc(OCc3ccc(C(=O)OC)cc3)cc2C=O)cc1. The lowest BCUT2D eigenvalue weighted by atomic mass is 10.1. The van der Waals surface area contributed by atoms with Gasteiger partial charge in [0.15, 0.2) is 6.29 Å². The molecular formula is C25H24O7. The minimum atomic E-state index is -0.389. The Labute approximate surface area is 186 Å². The summed E-state index contributed by atoms with van der Waals surface area (Å²) in [5.41, 5.74) is 3.68. The predicted octanol–water partition coefficient (Wildman–Crippen LogP) is 4.52. The Hall–Kier alpha value is -3.68. The number of benzene rings is 3. The first-order valence-electron chi connectivity index (χ1n) is 9.88. The van der Waals surface area contributed by atoms with Crippen molar-refractivity contribution in [2.45, 2.75) is 19.8 Å². The first-order valence-corrected chi connectivity index (χ1v) is 9.88. The summed E-state index contributed by atoms with van der Waals surface area (Å²) in [5.74, 6) is 0.625. The molecule has 0 spiro atoms. The van der Waals surface area contributed by atoms with Gasteiger partial charge in [-0.15, -0.1) is 0 Å². The summed E-state index contributed by atoms with van der Waals surface area (Å²) < 4.78 is 16.3. The van der Waals surface area contributed by atoms with E-state index in [9.17, 15) is 9.59 Å². The van der Waals surface area contributed by atoms with E-state index in [2.05, 4.69) is 9.62 Å². The Morgan fingerprint density at radius 2 is 1.38 bits per heavy atom. The molecule has 0 aliphatic rings. The largest absolute Gasteiger partial charge is 0.489 e. The van der Waals surface area contributed by atoms with E-state index in [1.165, 1.54) is 14.2 Å². The molecule has 0 radical (unpaired) electrons. The quantitative estimate of drug-likeness (QED) is 0.189. The van der Waals surface area contributed by atoms with Crippen LogP contribution in [0.1, 0.15) is 37.4 Å². The highest BCUT2D eigenvalue weighted by atomic mass is 17.2. The van der Waals surface area contributed by atoms with Crippen LogP contribution in [0.5, 0.6) is 11.5 Å². The molecule has 166 valence electrons. The van der Waals surface area contributed by atoms with Crippen LogP contribution in [-0.2, 0) is 34.3 Å².